The maximum atomic E-state index is 12.6. The van der Waals surface area contributed by atoms with Gasteiger partial charge in [0.15, 0.2) is 0 Å². The van der Waals surface area contributed by atoms with Gasteiger partial charge in [-0.3, -0.25) is 14.5 Å². The van der Waals surface area contributed by atoms with Crippen molar-refractivity contribution in [3.05, 3.63) is 35.9 Å². The molecule has 2 amide bonds. The number of hydrogen-bond donors (Lipinski definition) is 1. The first-order valence-electron chi connectivity index (χ1n) is 11.9. The standard InChI is InChI=1S/C25H33N3O2/c29-22(16-24-14-20-12-19-13-21(15-24)25(19,20)24)26-7-6-23(30)28-10-8-27(9-11-28)17-18-4-2-1-3-5-18/h1-5,19-21H,6-17H2,(H,26,29). The smallest absolute Gasteiger partial charge is 0.224 e. The highest BCUT2D eigenvalue weighted by atomic mass is 16.2. The van der Waals surface area contributed by atoms with Gasteiger partial charge in [-0.1, -0.05) is 30.3 Å². The van der Waals surface area contributed by atoms with E-state index in [2.05, 4.69) is 34.5 Å². The Morgan fingerprint density at radius 1 is 0.967 bits per heavy atom. The summed E-state index contributed by atoms with van der Waals surface area (Å²) in [5.74, 6) is 3.20. The largest absolute Gasteiger partial charge is 0.356 e. The summed E-state index contributed by atoms with van der Waals surface area (Å²) in [6.07, 6.45) is 6.60. The first-order valence-corrected chi connectivity index (χ1v) is 11.9. The fourth-order valence-electron chi connectivity index (χ4n) is 8.29. The topological polar surface area (TPSA) is 52.7 Å². The molecule has 6 rings (SSSR count). The van der Waals surface area contributed by atoms with E-state index in [1.807, 2.05) is 11.0 Å². The van der Waals surface area contributed by atoms with Gasteiger partial charge in [0.05, 0.1) is 0 Å². The zero-order valence-corrected chi connectivity index (χ0v) is 17.8. The summed E-state index contributed by atoms with van der Waals surface area (Å²) in [7, 11) is 0. The van der Waals surface area contributed by atoms with Crippen molar-refractivity contribution in [2.24, 2.45) is 28.6 Å². The van der Waals surface area contributed by atoms with Crippen LogP contribution in [-0.2, 0) is 16.1 Å². The molecule has 1 heterocycles. The molecule has 4 saturated carbocycles. The molecule has 5 aliphatic rings. The monoisotopic (exact) mass is 407 g/mol. The summed E-state index contributed by atoms with van der Waals surface area (Å²) in [6.45, 7) is 4.85. The first kappa shape index (κ1) is 18.9. The number of nitrogens with zero attached hydrogens (tertiary/aromatic N) is 2. The maximum Gasteiger partial charge on any atom is 0.224 e. The Balaban J connectivity index is 0.908. The first-order chi connectivity index (χ1) is 14.6. The van der Waals surface area contributed by atoms with Crippen molar-refractivity contribution in [1.29, 1.82) is 0 Å². The molecular formula is C25H33N3O2. The lowest BCUT2D eigenvalue weighted by Gasteiger charge is -2.91. The van der Waals surface area contributed by atoms with Crippen LogP contribution >= 0.6 is 0 Å². The number of piperazine rings is 1. The Bertz CT molecular complexity index is 820. The van der Waals surface area contributed by atoms with Gasteiger partial charge in [0.25, 0.3) is 0 Å². The second-order valence-corrected chi connectivity index (χ2v) is 10.6. The summed E-state index contributed by atoms with van der Waals surface area (Å²) >= 11 is 0. The lowest BCUT2D eigenvalue weighted by molar-refractivity contribution is -0.430. The molecule has 1 aliphatic heterocycles. The highest BCUT2D eigenvalue weighted by molar-refractivity contribution is 5.80. The quantitative estimate of drug-likeness (QED) is 0.756. The van der Waals surface area contributed by atoms with E-state index in [4.69, 9.17) is 0 Å². The van der Waals surface area contributed by atoms with Gasteiger partial charge < -0.3 is 10.2 Å². The van der Waals surface area contributed by atoms with Crippen LogP contribution < -0.4 is 5.32 Å². The van der Waals surface area contributed by atoms with Crippen molar-refractivity contribution in [1.82, 2.24) is 15.1 Å². The van der Waals surface area contributed by atoms with Gasteiger partial charge in [-0.05, 0) is 59.8 Å². The van der Waals surface area contributed by atoms with E-state index < -0.39 is 0 Å². The number of nitrogens with one attached hydrogen (secondary N) is 1. The minimum absolute atomic E-state index is 0.178. The van der Waals surface area contributed by atoms with E-state index in [-0.39, 0.29) is 11.8 Å². The predicted octanol–water partition coefficient (Wildman–Crippen LogP) is 2.66. The van der Waals surface area contributed by atoms with Crippen molar-refractivity contribution in [2.75, 3.05) is 32.7 Å². The van der Waals surface area contributed by atoms with Crippen molar-refractivity contribution in [3.63, 3.8) is 0 Å². The van der Waals surface area contributed by atoms with Crippen LogP contribution in [0.4, 0.5) is 0 Å². The van der Waals surface area contributed by atoms with Gasteiger partial charge in [0.1, 0.15) is 0 Å². The number of benzene rings is 1. The highest BCUT2D eigenvalue weighted by Crippen LogP contribution is 2.93. The fourth-order valence-corrected chi connectivity index (χ4v) is 8.29. The van der Waals surface area contributed by atoms with Crippen LogP contribution in [0, 0.1) is 28.6 Å². The van der Waals surface area contributed by atoms with Gasteiger partial charge in [-0.15, -0.1) is 0 Å². The zero-order valence-electron chi connectivity index (χ0n) is 17.8. The fraction of sp³-hybridized carbons (Fsp3) is 0.680. The van der Waals surface area contributed by atoms with E-state index >= 15 is 0 Å². The van der Waals surface area contributed by atoms with E-state index in [0.29, 0.717) is 30.2 Å². The van der Waals surface area contributed by atoms with Crippen molar-refractivity contribution in [2.45, 2.75) is 45.1 Å². The number of carbonyl (C=O) groups excluding carboxylic acids is 2. The third-order valence-electron chi connectivity index (χ3n) is 9.49. The van der Waals surface area contributed by atoms with Gasteiger partial charge in [0.2, 0.25) is 11.8 Å². The molecule has 1 saturated heterocycles. The molecule has 2 unspecified atom stereocenters. The second-order valence-electron chi connectivity index (χ2n) is 10.6. The molecule has 5 fully saturated rings. The molecule has 0 aromatic heterocycles. The van der Waals surface area contributed by atoms with Crippen molar-refractivity contribution >= 4 is 11.8 Å². The Kier molecular flexibility index (Phi) is 4.28. The number of hydrogen-bond acceptors (Lipinski definition) is 3. The SMILES string of the molecule is O=C(CC12CC3CC4CC(C1)C432)NCCC(=O)N1CCN(Cc2ccccc2)CC1. The number of carbonyl (C=O) groups is 2. The molecule has 1 aromatic carbocycles. The minimum atomic E-state index is 0.178. The van der Waals surface area contributed by atoms with Gasteiger partial charge >= 0.3 is 0 Å². The van der Waals surface area contributed by atoms with Crippen LogP contribution in [0.5, 0.6) is 0 Å². The second kappa shape index (κ2) is 6.81. The third-order valence-corrected chi connectivity index (χ3v) is 9.49. The van der Waals surface area contributed by atoms with Crippen molar-refractivity contribution < 1.29 is 9.59 Å². The van der Waals surface area contributed by atoms with E-state index in [1.165, 1.54) is 31.2 Å². The Hall–Kier alpha value is -1.88. The van der Waals surface area contributed by atoms with Crippen LogP contribution in [0.2, 0.25) is 0 Å². The van der Waals surface area contributed by atoms with Crippen LogP contribution in [0.1, 0.15) is 44.1 Å². The molecule has 1 spiro atoms. The average molecular weight is 408 g/mol. The molecule has 5 heteroatoms. The lowest BCUT2D eigenvalue weighted by atomic mass is 9.13. The maximum absolute atomic E-state index is 12.6. The van der Waals surface area contributed by atoms with Crippen LogP contribution in [0.25, 0.3) is 0 Å². The van der Waals surface area contributed by atoms with Gasteiger partial charge in [0, 0.05) is 52.1 Å². The molecule has 4 aliphatic carbocycles. The molecule has 0 radical (unpaired) electrons. The van der Waals surface area contributed by atoms with Gasteiger partial charge in [-0.25, -0.2) is 0 Å². The van der Waals surface area contributed by atoms with E-state index in [9.17, 15) is 9.59 Å². The van der Waals surface area contributed by atoms with Crippen LogP contribution in [0.3, 0.4) is 0 Å². The normalized spacial score (nSPS) is 38.1. The van der Waals surface area contributed by atoms with Crippen LogP contribution in [-0.4, -0.2) is 54.3 Å². The lowest BCUT2D eigenvalue weighted by Crippen LogP contribution is -2.85. The predicted molar refractivity (Wildman–Crippen MR) is 114 cm³/mol. The molecule has 30 heavy (non-hydrogen) atoms. The van der Waals surface area contributed by atoms with E-state index in [1.54, 1.807) is 0 Å². The highest BCUT2D eigenvalue weighted by Gasteiger charge is 2.87. The molecule has 160 valence electrons. The molecule has 1 aromatic rings. The molecule has 2 atom stereocenters. The molecule has 1 N–H and O–H groups in total. The zero-order chi connectivity index (χ0) is 20.3. The minimum Gasteiger partial charge on any atom is -0.356 e. The molecule has 5 nitrogen and oxygen atoms in total. The Morgan fingerprint density at radius 3 is 2.30 bits per heavy atom. The summed E-state index contributed by atoms with van der Waals surface area (Å²) < 4.78 is 0. The molecule has 0 bridgehead atoms. The Labute approximate surface area is 179 Å². The van der Waals surface area contributed by atoms with Crippen molar-refractivity contribution in [3.8, 4) is 0 Å². The third kappa shape index (κ3) is 2.57. The molecular weight excluding hydrogens is 374 g/mol. The Morgan fingerprint density at radius 2 is 1.67 bits per heavy atom. The van der Waals surface area contributed by atoms with E-state index in [0.717, 1.165) is 50.5 Å². The van der Waals surface area contributed by atoms with Gasteiger partial charge in [-0.2, -0.15) is 0 Å². The summed E-state index contributed by atoms with van der Waals surface area (Å²) in [5, 5.41) is 3.06. The average Bonchev–Trinajstić information content (AvgIpc) is 2.69. The summed E-state index contributed by atoms with van der Waals surface area (Å²) in [5.41, 5.74) is 2.29. The summed E-state index contributed by atoms with van der Waals surface area (Å²) in [4.78, 5) is 29.5. The van der Waals surface area contributed by atoms with Crippen LogP contribution in [0.15, 0.2) is 30.3 Å². The number of rotatable bonds is 7. The summed E-state index contributed by atoms with van der Waals surface area (Å²) in [6, 6.07) is 10.5. The number of amides is 2.